The molecule has 3 atom stereocenters. The van der Waals surface area contributed by atoms with Crippen LogP contribution in [0.2, 0.25) is 0 Å². The minimum atomic E-state index is -0.516. The quantitative estimate of drug-likeness (QED) is 0.620. The molecule has 2 aliphatic heterocycles. The van der Waals surface area contributed by atoms with Gasteiger partial charge in [-0.2, -0.15) is 0 Å². The summed E-state index contributed by atoms with van der Waals surface area (Å²) in [4.78, 5) is 5.68. The number of fused-ring (bicyclic) bond motifs is 3. The molecule has 0 unspecified atom stereocenters. The van der Waals surface area contributed by atoms with Crippen molar-refractivity contribution in [2.75, 3.05) is 33.8 Å². The molecule has 0 saturated carbocycles. The summed E-state index contributed by atoms with van der Waals surface area (Å²) in [6, 6.07) is 5.96. The molecule has 0 aliphatic carbocycles. The van der Waals surface area contributed by atoms with E-state index in [1.165, 1.54) is 6.54 Å². The van der Waals surface area contributed by atoms with Crippen molar-refractivity contribution in [3.05, 3.63) is 23.2 Å². The van der Waals surface area contributed by atoms with Crippen molar-refractivity contribution in [1.29, 1.82) is 0 Å². The van der Waals surface area contributed by atoms with Crippen molar-refractivity contribution in [3.63, 3.8) is 0 Å². The van der Waals surface area contributed by atoms with E-state index in [1.807, 2.05) is 18.2 Å². The Morgan fingerprint density at radius 2 is 2.36 bits per heavy atom. The Morgan fingerprint density at radius 3 is 3.04 bits per heavy atom. The Hall–Kier alpha value is -1.08. The highest BCUT2D eigenvalue weighted by atomic mass is 32.1. The van der Waals surface area contributed by atoms with E-state index in [-0.39, 0.29) is 0 Å². The maximum atomic E-state index is 11.0. The van der Waals surface area contributed by atoms with Crippen LogP contribution in [0.15, 0.2) is 18.2 Å². The maximum absolute atomic E-state index is 11.0. The Labute approximate surface area is 158 Å². The van der Waals surface area contributed by atoms with E-state index in [2.05, 4.69) is 12.0 Å². The summed E-state index contributed by atoms with van der Waals surface area (Å²) < 4.78 is 7.44. The van der Waals surface area contributed by atoms with Crippen LogP contribution in [-0.4, -0.2) is 58.8 Å². The van der Waals surface area contributed by atoms with Crippen LogP contribution in [0.3, 0.4) is 0 Å². The molecule has 2 saturated heterocycles. The van der Waals surface area contributed by atoms with Gasteiger partial charge in [0.25, 0.3) is 0 Å². The van der Waals surface area contributed by atoms with Crippen LogP contribution in [0, 0.1) is 5.92 Å². The molecule has 2 aromatic rings. The van der Waals surface area contributed by atoms with Gasteiger partial charge in [-0.15, -0.1) is 11.3 Å². The molecule has 4 nitrogen and oxygen atoms in total. The fourth-order valence-electron chi connectivity index (χ4n) is 4.61. The van der Waals surface area contributed by atoms with Gasteiger partial charge in [0.15, 0.2) is 0 Å². The fourth-order valence-corrected chi connectivity index (χ4v) is 5.97. The molecule has 6 heteroatoms. The maximum Gasteiger partial charge on any atom is 0.122 e. The lowest BCUT2D eigenvalue weighted by Crippen LogP contribution is -2.49. The summed E-state index contributed by atoms with van der Waals surface area (Å²) in [5.41, 5.74) is 0.485. The number of piperidine rings is 1. The van der Waals surface area contributed by atoms with Gasteiger partial charge >= 0.3 is 0 Å². The molecule has 0 amide bonds. The Bertz CT molecular complexity index is 821. The zero-order valence-electron chi connectivity index (χ0n) is 14.8. The summed E-state index contributed by atoms with van der Waals surface area (Å²) in [6.45, 7) is 3.23. The smallest absolute Gasteiger partial charge is 0.122 e. The average molecular weight is 378 g/mol. The number of methoxy groups -OCH3 is 1. The number of hydrogen-bond acceptors (Lipinski definition) is 5. The third-order valence-electron chi connectivity index (χ3n) is 5.92. The van der Waals surface area contributed by atoms with Gasteiger partial charge in [0.1, 0.15) is 17.9 Å². The number of ether oxygens (including phenoxy) is 1. The van der Waals surface area contributed by atoms with E-state index in [1.54, 1.807) is 18.4 Å². The van der Waals surface area contributed by atoms with Gasteiger partial charge in [-0.05, 0) is 35.9 Å². The third kappa shape index (κ3) is 3.33. The van der Waals surface area contributed by atoms with Crippen LogP contribution in [0.5, 0.6) is 5.75 Å². The van der Waals surface area contributed by atoms with Gasteiger partial charge < -0.3 is 14.3 Å². The van der Waals surface area contributed by atoms with Crippen LogP contribution >= 0.6 is 23.6 Å². The number of thiocarbonyl (C=S) groups is 1. The molecular weight excluding hydrogens is 352 g/mol. The average Bonchev–Trinajstić information content (AvgIpc) is 3.21. The molecule has 0 spiro atoms. The molecule has 1 N–H and O–H groups in total. The minimum Gasteiger partial charge on any atom is -0.497 e. The topological polar surface area (TPSA) is 42.4 Å². The van der Waals surface area contributed by atoms with Gasteiger partial charge in [0.05, 0.1) is 42.5 Å². The predicted octanol–water partition coefficient (Wildman–Crippen LogP) is 3.21. The lowest BCUT2D eigenvalue weighted by Gasteiger charge is -2.34. The molecule has 2 aliphatic rings. The van der Waals surface area contributed by atoms with Crippen molar-refractivity contribution in [3.8, 4) is 5.75 Å². The first-order valence-electron chi connectivity index (χ1n) is 8.90. The summed E-state index contributed by atoms with van der Waals surface area (Å²) in [5.74, 6) is 1.31. The van der Waals surface area contributed by atoms with Crippen molar-refractivity contribution >= 4 is 38.6 Å². The van der Waals surface area contributed by atoms with Gasteiger partial charge in [-0.3, -0.25) is 0 Å². The zero-order valence-corrected chi connectivity index (χ0v) is 16.5. The Morgan fingerprint density at radius 1 is 1.52 bits per heavy atom. The molecule has 2 fully saturated rings. The van der Waals surface area contributed by atoms with Gasteiger partial charge in [-0.1, -0.05) is 12.2 Å². The number of quaternary nitrogens is 1. The second-order valence-corrected chi connectivity index (χ2v) is 9.62. The van der Waals surface area contributed by atoms with E-state index in [0.717, 1.165) is 69.1 Å². The number of likely N-dealkylation sites (N-methyl/N-ethyl adjacent to an activating group) is 1. The molecule has 4 rings (SSSR count). The SMILES string of the molecule is COc1ccc2nc(CC(=S)CC[C@]3(O)C[N@+]4(C)CC[C@@H]3C4)sc2c1. The summed E-state index contributed by atoms with van der Waals surface area (Å²) in [5, 5.41) is 12.1. The first kappa shape index (κ1) is 17.3. The van der Waals surface area contributed by atoms with E-state index in [9.17, 15) is 5.11 Å². The first-order valence-corrected chi connectivity index (χ1v) is 10.1. The van der Waals surface area contributed by atoms with Crippen molar-refractivity contribution in [2.24, 2.45) is 5.92 Å². The van der Waals surface area contributed by atoms with E-state index in [0.29, 0.717) is 5.92 Å². The summed E-state index contributed by atoms with van der Waals surface area (Å²) in [7, 11) is 3.95. The van der Waals surface area contributed by atoms with Crippen LogP contribution in [0.25, 0.3) is 10.2 Å². The van der Waals surface area contributed by atoms with Crippen molar-refractivity contribution in [2.45, 2.75) is 31.3 Å². The Kier molecular flexibility index (Phi) is 4.35. The van der Waals surface area contributed by atoms with Crippen molar-refractivity contribution < 1.29 is 14.3 Å². The van der Waals surface area contributed by atoms with Gasteiger partial charge in [-0.25, -0.2) is 4.98 Å². The second-order valence-electron chi connectivity index (χ2n) is 7.93. The molecule has 2 bridgehead atoms. The highest BCUT2D eigenvalue weighted by Gasteiger charge is 2.57. The molecule has 0 radical (unpaired) electrons. The van der Waals surface area contributed by atoms with Crippen LogP contribution in [0.1, 0.15) is 24.3 Å². The van der Waals surface area contributed by atoms with Crippen LogP contribution in [-0.2, 0) is 6.42 Å². The van der Waals surface area contributed by atoms with E-state index in [4.69, 9.17) is 17.0 Å². The third-order valence-corrected chi connectivity index (χ3v) is 7.29. The van der Waals surface area contributed by atoms with Crippen molar-refractivity contribution in [1.82, 2.24) is 4.98 Å². The monoisotopic (exact) mass is 377 g/mol. The molecular formula is C19H25N2O2S2+. The molecule has 1 aromatic carbocycles. The standard InChI is InChI=1S/C19H25N2O2S2/c1-21-8-6-13(11-21)19(22,12-21)7-5-15(24)10-18-20-16-4-3-14(23-2)9-17(16)25-18/h3-4,9,13,22H,5-8,10-12H2,1-2H3/q+1/t13-,19+,21-/m1/s1. The predicted molar refractivity (Wildman–Crippen MR) is 106 cm³/mol. The molecule has 3 heterocycles. The lowest BCUT2D eigenvalue weighted by molar-refractivity contribution is -0.893. The first-order chi connectivity index (χ1) is 11.9. The van der Waals surface area contributed by atoms with Crippen LogP contribution < -0.4 is 4.74 Å². The highest BCUT2D eigenvalue weighted by molar-refractivity contribution is 7.80. The van der Waals surface area contributed by atoms with E-state index < -0.39 is 5.60 Å². The van der Waals surface area contributed by atoms with Gasteiger partial charge in [0, 0.05) is 18.8 Å². The minimum absolute atomic E-state index is 0.454. The number of aromatic nitrogens is 1. The highest BCUT2D eigenvalue weighted by Crippen LogP contribution is 2.43. The van der Waals surface area contributed by atoms with Crippen LogP contribution in [0.4, 0.5) is 0 Å². The number of hydrogen-bond donors (Lipinski definition) is 1. The molecule has 134 valence electrons. The number of nitrogens with zero attached hydrogens (tertiary/aromatic N) is 2. The second kappa shape index (κ2) is 6.27. The normalized spacial score (nSPS) is 30.9. The zero-order chi connectivity index (χ0) is 17.7. The van der Waals surface area contributed by atoms with Gasteiger partial charge in [0.2, 0.25) is 0 Å². The summed E-state index contributed by atoms with van der Waals surface area (Å²) >= 11 is 7.29. The number of rotatable bonds is 6. The van der Waals surface area contributed by atoms with E-state index >= 15 is 0 Å². The fraction of sp³-hybridized carbons (Fsp3) is 0.579. The number of thiazole rings is 1. The number of aliphatic hydroxyl groups is 1. The Balaban J connectivity index is 1.38. The molecule has 25 heavy (non-hydrogen) atoms. The molecule has 1 aromatic heterocycles. The summed E-state index contributed by atoms with van der Waals surface area (Å²) in [6.07, 6.45) is 3.48. The lowest BCUT2D eigenvalue weighted by atomic mass is 9.83. The number of benzene rings is 1. The largest absolute Gasteiger partial charge is 0.497 e.